The minimum Gasteiger partial charge on any atom is -0.389 e. The van der Waals surface area contributed by atoms with Gasteiger partial charge >= 0.3 is 0 Å². The standard InChI is InChI=1S/C7H16NO/c1-3-7(8)5-4-6(2)9/h5-7,9H,3-4,8H2,1-2H3/q+1. The van der Waals surface area contributed by atoms with Crippen molar-refractivity contribution >= 4 is 0 Å². The number of aliphatic hydroxyl groups excluding tert-OH is 1. The molecule has 0 amide bonds. The highest BCUT2D eigenvalue weighted by Crippen LogP contribution is 1.99. The maximum absolute atomic E-state index is 8.81. The van der Waals surface area contributed by atoms with Crippen molar-refractivity contribution in [3.05, 3.63) is 6.42 Å². The lowest BCUT2D eigenvalue weighted by Gasteiger charge is -1.99. The van der Waals surface area contributed by atoms with Crippen LogP contribution in [0.15, 0.2) is 0 Å². The van der Waals surface area contributed by atoms with Gasteiger partial charge in [0, 0.05) is 6.42 Å². The molecule has 2 unspecified atom stereocenters. The molecule has 2 atom stereocenters. The number of nitrogens with two attached hydrogens (primary N) is 1. The third kappa shape index (κ3) is 5.66. The van der Waals surface area contributed by atoms with Crippen LogP contribution in [0.25, 0.3) is 0 Å². The first kappa shape index (κ1) is 8.79. The molecule has 0 aliphatic rings. The molecule has 0 spiro atoms. The van der Waals surface area contributed by atoms with Crippen LogP contribution >= 0.6 is 0 Å². The fourth-order valence-corrected chi connectivity index (χ4v) is 0.538. The van der Waals surface area contributed by atoms with Crippen molar-refractivity contribution in [2.75, 3.05) is 0 Å². The molecule has 0 bridgehead atoms. The molecule has 0 fully saturated rings. The Labute approximate surface area is 57.1 Å². The summed E-state index contributed by atoms with van der Waals surface area (Å²) in [6, 6.07) is 0.152. The first-order valence-corrected chi connectivity index (χ1v) is 3.43. The molecule has 54 valence electrons. The molecule has 0 heterocycles. The van der Waals surface area contributed by atoms with E-state index in [1.165, 1.54) is 0 Å². The van der Waals surface area contributed by atoms with E-state index in [0.717, 1.165) is 6.42 Å². The van der Waals surface area contributed by atoms with Crippen LogP contribution in [0.4, 0.5) is 0 Å². The second kappa shape index (κ2) is 4.65. The Kier molecular flexibility index (Phi) is 4.54. The van der Waals surface area contributed by atoms with Gasteiger partial charge in [0.1, 0.15) is 12.5 Å². The Morgan fingerprint density at radius 3 is 2.56 bits per heavy atom. The van der Waals surface area contributed by atoms with Crippen molar-refractivity contribution in [2.24, 2.45) is 5.73 Å². The average Bonchev–Trinajstić information content (AvgIpc) is 1.83. The van der Waals surface area contributed by atoms with Crippen molar-refractivity contribution in [2.45, 2.75) is 38.8 Å². The molecule has 0 radical (unpaired) electrons. The molecule has 2 nitrogen and oxygen atoms in total. The summed E-state index contributed by atoms with van der Waals surface area (Å²) in [6.07, 6.45) is 3.36. The van der Waals surface area contributed by atoms with E-state index in [4.69, 9.17) is 10.8 Å². The van der Waals surface area contributed by atoms with E-state index < -0.39 is 0 Å². The van der Waals surface area contributed by atoms with E-state index in [2.05, 4.69) is 0 Å². The molecule has 9 heavy (non-hydrogen) atoms. The van der Waals surface area contributed by atoms with Gasteiger partial charge in [-0.25, -0.2) is 0 Å². The Morgan fingerprint density at radius 2 is 2.22 bits per heavy atom. The van der Waals surface area contributed by atoms with Crippen molar-refractivity contribution in [3.8, 4) is 0 Å². The van der Waals surface area contributed by atoms with Crippen molar-refractivity contribution in [3.63, 3.8) is 0 Å². The van der Waals surface area contributed by atoms with Crippen molar-refractivity contribution < 1.29 is 5.11 Å². The molecule has 0 aliphatic heterocycles. The fraction of sp³-hybridized carbons (Fsp3) is 0.857. The van der Waals surface area contributed by atoms with Gasteiger partial charge in [0.05, 0.1) is 12.5 Å². The minimum atomic E-state index is -0.248. The lowest BCUT2D eigenvalue weighted by molar-refractivity contribution is 0.192. The number of aliphatic hydroxyl groups is 1. The second-order valence-electron chi connectivity index (χ2n) is 2.39. The normalized spacial score (nSPS) is 16.9. The SMILES string of the molecule is CCC(N)[CH+]CC(C)O. The fourth-order valence-electron chi connectivity index (χ4n) is 0.538. The lowest BCUT2D eigenvalue weighted by Crippen LogP contribution is -2.20. The molecule has 0 aromatic heterocycles. The summed E-state index contributed by atoms with van der Waals surface area (Å²) in [5, 5.41) is 8.81. The number of hydrogen-bond acceptors (Lipinski definition) is 2. The zero-order chi connectivity index (χ0) is 7.28. The van der Waals surface area contributed by atoms with E-state index in [0.29, 0.717) is 6.42 Å². The summed E-state index contributed by atoms with van der Waals surface area (Å²) >= 11 is 0. The van der Waals surface area contributed by atoms with Gasteiger partial charge in [-0.1, -0.05) is 6.92 Å². The summed E-state index contributed by atoms with van der Waals surface area (Å²) in [4.78, 5) is 0. The van der Waals surface area contributed by atoms with Gasteiger partial charge < -0.3 is 5.11 Å². The molecule has 2 heteroatoms. The van der Waals surface area contributed by atoms with E-state index in [1.54, 1.807) is 6.92 Å². The van der Waals surface area contributed by atoms with Crippen LogP contribution in [0.5, 0.6) is 0 Å². The van der Waals surface area contributed by atoms with Crippen LogP contribution in [-0.4, -0.2) is 17.3 Å². The van der Waals surface area contributed by atoms with E-state index >= 15 is 0 Å². The molecular weight excluding hydrogens is 114 g/mol. The monoisotopic (exact) mass is 130 g/mol. The summed E-state index contributed by atoms with van der Waals surface area (Å²) < 4.78 is 0. The zero-order valence-electron chi connectivity index (χ0n) is 6.17. The summed E-state index contributed by atoms with van der Waals surface area (Å²) in [7, 11) is 0. The van der Waals surface area contributed by atoms with E-state index in [9.17, 15) is 0 Å². The maximum Gasteiger partial charge on any atom is 0.146 e. The molecule has 3 N–H and O–H groups in total. The van der Waals surface area contributed by atoms with Gasteiger partial charge in [-0.15, -0.1) is 0 Å². The Hall–Kier alpha value is -0.210. The quantitative estimate of drug-likeness (QED) is 0.550. The Balaban J connectivity index is 3.06. The highest BCUT2D eigenvalue weighted by molar-refractivity contribution is 4.79. The molecule has 0 rings (SSSR count). The first-order valence-electron chi connectivity index (χ1n) is 3.43. The summed E-state index contributed by atoms with van der Waals surface area (Å²) in [5.74, 6) is 0. The van der Waals surface area contributed by atoms with Crippen molar-refractivity contribution in [1.29, 1.82) is 0 Å². The van der Waals surface area contributed by atoms with Crippen LogP contribution in [0.3, 0.4) is 0 Å². The third-order valence-electron chi connectivity index (χ3n) is 1.25. The largest absolute Gasteiger partial charge is 0.389 e. The third-order valence-corrected chi connectivity index (χ3v) is 1.25. The van der Waals surface area contributed by atoms with Gasteiger partial charge in [0.25, 0.3) is 0 Å². The Morgan fingerprint density at radius 1 is 1.67 bits per heavy atom. The van der Waals surface area contributed by atoms with Crippen LogP contribution in [0.1, 0.15) is 26.7 Å². The van der Waals surface area contributed by atoms with E-state index in [1.807, 2.05) is 13.3 Å². The van der Waals surface area contributed by atoms with Gasteiger partial charge in [-0.2, -0.15) is 0 Å². The molecule has 0 saturated carbocycles. The van der Waals surface area contributed by atoms with E-state index in [-0.39, 0.29) is 12.1 Å². The zero-order valence-corrected chi connectivity index (χ0v) is 6.17. The topological polar surface area (TPSA) is 46.2 Å². The molecule has 0 aromatic rings. The highest BCUT2D eigenvalue weighted by atomic mass is 16.3. The van der Waals surface area contributed by atoms with Crippen LogP contribution in [0.2, 0.25) is 0 Å². The summed E-state index contributed by atoms with van der Waals surface area (Å²) in [6.45, 7) is 3.79. The maximum atomic E-state index is 8.81. The number of rotatable bonds is 4. The predicted octanol–water partition coefficient (Wildman–Crippen LogP) is 0.699. The lowest BCUT2D eigenvalue weighted by atomic mass is 10.1. The van der Waals surface area contributed by atoms with Crippen LogP contribution in [0, 0.1) is 6.42 Å². The van der Waals surface area contributed by atoms with Gasteiger partial charge in [0.2, 0.25) is 0 Å². The predicted molar refractivity (Wildman–Crippen MR) is 38.9 cm³/mol. The number of hydrogen-bond donors (Lipinski definition) is 2. The van der Waals surface area contributed by atoms with Gasteiger partial charge in [-0.05, 0) is 6.92 Å². The first-order chi connectivity index (χ1) is 4.16. The van der Waals surface area contributed by atoms with Gasteiger partial charge in [-0.3, -0.25) is 5.73 Å². The van der Waals surface area contributed by atoms with Gasteiger partial charge in [0.15, 0.2) is 0 Å². The minimum absolute atomic E-state index is 0.152. The van der Waals surface area contributed by atoms with Crippen molar-refractivity contribution in [1.82, 2.24) is 0 Å². The smallest absolute Gasteiger partial charge is 0.146 e. The van der Waals surface area contributed by atoms with Crippen LogP contribution < -0.4 is 5.73 Å². The highest BCUT2D eigenvalue weighted by Gasteiger charge is 2.10. The molecule has 0 saturated heterocycles. The summed E-state index contributed by atoms with van der Waals surface area (Å²) in [5.41, 5.74) is 5.55. The molecule has 0 aliphatic carbocycles. The Bertz CT molecular complexity index is 63.9. The molecule has 0 aromatic carbocycles. The van der Waals surface area contributed by atoms with Crippen LogP contribution in [-0.2, 0) is 0 Å². The average molecular weight is 130 g/mol. The molecular formula is C7H16NO+. The second-order valence-corrected chi connectivity index (χ2v) is 2.39.